The summed E-state index contributed by atoms with van der Waals surface area (Å²) < 4.78 is 6.19. The van der Waals surface area contributed by atoms with Crippen molar-refractivity contribution in [3.05, 3.63) is 87.9 Å². The van der Waals surface area contributed by atoms with Gasteiger partial charge in [-0.15, -0.1) is 24.8 Å². The number of rotatable bonds is 9. The molecule has 0 aromatic heterocycles. The predicted octanol–water partition coefficient (Wildman–Crippen LogP) is 7.60. The molecule has 2 atom stereocenters. The van der Waals surface area contributed by atoms with Crippen molar-refractivity contribution >= 4 is 48.1 Å². The summed E-state index contributed by atoms with van der Waals surface area (Å²) in [6, 6.07) is 19.2. The van der Waals surface area contributed by atoms with Crippen LogP contribution in [0, 0.1) is 0 Å². The molecule has 4 N–H and O–H groups in total. The van der Waals surface area contributed by atoms with Crippen LogP contribution in [-0.4, -0.2) is 34.8 Å². The highest BCUT2D eigenvalue weighted by Crippen LogP contribution is 2.32. The van der Waals surface area contributed by atoms with Crippen LogP contribution in [0.25, 0.3) is 0 Å². The summed E-state index contributed by atoms with van der Waals surface area (Å²) in [7, 11) is 0. The van der Waals surface area contributed by atoms with Crippen molar-refractivity contribution in [2.75, 3.05) is 11.9 Å². The smallest absolute Gasteiger partial charge is 0.335 e. The Bertz CT molecular complexity index is 1280. The van der Waals surface area contributed by atoms with Gasteiger partial charge < -0.3 is 25.6 Å². The zero-order valence-corrected chi connectivity index (χ0v) is 24.7. The second-order valence-corrected chi connectivity index (χ2v) is 10.9. The molecule has 0 heterocycles. The number of hydrogen-bond acceptors (Lipinski definition) is 5. The molecule has 0 saturated heterocycles. The van der Waals surface area contributed by atoms with E-state index in [1.54, 1.807) is 24.3 Å². The second-order valence-electron chi connectivity index (χ2n) is 10.5. The van der Waals surface area contributed by atoms with Gasteiger partial charge in [0.25, 0.3) is 0 Å². The van der Waals surface area contributed by atoms with E-state index in [1.807, 2.05) is 24.3 Å². The number of aliphatic hydroxyl groups excluding tert-OH is 1. The van der Waals surface area contributed by atoms with E-state index in [-0.39, 0.29) is 36.4 Å². The molecule has 0 unspecified atom stereocenters. The Labute approximate surface area is 253 Å². The number of carboxylic acid groups (broad SMARTS) is 1. The highest BCUT2D eigenvalue weighted by molar-refractivity contribution is 6.30. The lowest BCUT2D eigenvalue weighted by Crippen LogP contribution is -2.37. The molecular weight excluding hydrogens is 571 g/mol. The summed E-state index contributed by atoms with van der Waals surface area (Å²) in [5, 5.41) is 27.9. The molecule has 216 valence electrons. The molecule has 0 bridgehead atoms. The molecule has 0 radical (unpaired) electrons. The van der Waals surface area contributed by atoms with Crippen molar-refractivity contribution in [2.45, 2.75) is 69.6 Å². The van der Waals surface area contributed by atoms with Gasteiger partial charge >= 0.3 is 5.97 Å². The number of halogens is 3. The minimum atomic E-state index is -0.971. The molecule has 3 aromatic rings. The topological polar surface area (TPSA) is 90.8 Å². The van der Waals surface area contributed by atoms with Gasteiger partial charge in [0, 0.05) is 35.4 Å². The molecule has 5 rings (SSSR count). The number of ether oxygens (including phenoxy) is 1. The fourth-order valence-corrected chi connectivity index (χ4v) is 5.76. The number of nitrogens with one attached hydrogen (secondary N) is 2. The van der Waals surface area contributed by atoms with Crippen molar-refractivity contribution in [1.29, 1.82) is 0 Å². The Morgan fingerprint density at radius 2 is 1.73 bits per heavy atom. The molecule has 40 heavy (non-hydrogen) atoms. The van der Waals surface area contributed by atoms with Gasteiger partial charge in [-0.25, -0.2) is 4.79 Å². The molecule has 0 aliphatic heterocycles. The quantitative estimate of drug-likeness (QED) is 0.200. The van der Waals surface area contributed by atoms with Crippen molar-refractivity contribution in [3.63, 3.8) is 0 Å². The number of carboxylic acids is 1. The lowest BCUT2D eigenvalue weighted by Gasteiger charge is -2.27. The Morgan fingerprint density at radius 3 is 2.48 bits per heavy atom. The third-order valence-electron chi connectivity index (χ3n) is 7.60. The molecular formula is C31H37Cl3N2O4. The van der Waals surface area contributed by atoms with Gasteiger partial charge in [-0.1, -0.05) is 49.1 Å². The highest BCUT2D eigenvalue weighted by atomic mass is 35.5. The van der Waals surface area contributed by atoms with Gasteiger partial charge in [0.2, 0.25) is 0 Å². The van der Waals surface area contributed by atoms with Crippen LogP contribution in [0.15, 0.2) is 60.7 Å². The molecule has 1 saturated carbocycles. The van der Waals surface area contributed by atoms with E-state index in [9.17, 15) is 15.0 Å². The number of aryl methyl sites for hydroxylation is 1. The average Bonchev–Trinajstić information content (AvgIpc) is 2.92. The first-order valence-corrected chi connectivity index (χ1v) is 13.9. The van der Waals surface area contributed by atoms with Crippen molar-refractivity contribution in [1.82, 2.24) is 5.32 Å². The van der Waals surface area contributed by atoms with Gasteiger partial charge in [-0.3, -0.25) is 0 Å². The lowest BCUT2D eigenvalue weighted by molar-refractivity contribution is 0.0696. The number of hydrogen-bond donors (Lipinski definition) is 4. The van der Waals surface area contributed by atoms with E-state index < -0.39 is 12.1 Å². The molecule has 6 nitrogen and oxygen atoms in total. The van der Waals surface area contributed by atoms with E-state index in [1.165, 1.54) is 30.4 Å². The van der Waals surface area contributed by atoms with Gasteiger partial charge in [0.15, 0.2) is 0 Å². The second kappa shape index (κ2) is 14.9. The van der Waals surface area contributed by atoms with Crippen LogP contribution in [0.1, 0.15) is 71.7 Å². The Hall–Kier alpha value is -2.48. The minimum absolute atomic E-state index is 0. The standard InChI is InChI=1S/C31H35ClN2O4.2ClH/c32-24-6-4-5-21(13-24)30(35)19-33-26-11-9-20-10-12-28(16-22(20)14-26)38-29-17-23(31(36)37)15-27(18-29)34-25-7-2-1-3-8-25;;/h4-6,10,12-13,15-18,25-26,30,33-35H,1-3,7-9,11,14,19H2,(H,36,37);2*1H/t26-,30-;;/m0../s1. The minimum Gasteiger partial charge on any atom is -0.478 e. The maximum atomic E-state index is 11.8. The van der Waals surface area contributed by atoms with E-state index in [4.69, 9.17) is 16.3 Å². The first-order valence-electron chi connectivity index (χ1n) is 13.5. The summed E-state index contributed by atoms with van der Waals surface area (Å²) in [6.07, 6.45) is 8.01. The third-order valence-corrected chi connectivity index (χ3v) is 7.84. The molecule has 2 aliphatic rings. The van der Waals surface area contributed by atoms with E-state index in [0.29, 0.717) is 29.1 Å². The maximum Gasteiger partial charge on any atom is 0.335 e. The van der Waals surface area contributed by atoms with E-state index in [0.717, 1.165) is 43.4 Å². The molecule has 1 fully saturated rings. The molecule has 0 spiro atoms. The highest BCUT2D eigenvalue weighted by Gasteiger charge is 2.21. The normalized spacial score (nSPS) is 17.5. The summed E-state index contributed by atoms with van der Waals surface area (Å²) in [4.78, 5) is 11.8. The zero-order valence-electron chi connectivity index (χ0n) is 22.3. The number of aliphatic hydroxyl groups is 1. The van der Waals surface area contributed by atoms with Crippen LogP contribution in [0.2, 0.25) is 5.02 Å². The van der Waals surface area contributed by atoms with Crippen LogP contribution in [0.5, 0.6) is 11.5 Å². The Kier molecular flexibility index (Phi) is 12.0. The molecule has 2 aliphatic carbocycles. The fraction of sp³-hybridized carbons (Fsp3) is 0.387. The first-order chi connectivity index (χ1) is 18.4. The first kappa shape index (κ1) is 32.0. The van der Waals surface area contributed by atoms with Crippen molar-refractivity contribution in [3.8, 4) is 11.5 Å². The predicted molar refractivity (Wildman–Crippen MR) is 165 cm³/mol. The SMILES string of the molecule is Cl.Cl.O=C(O)c1cc(NC2CCCCC2)cc(Oc2ccc3c(c2)C[C@@H](NC[C@H](O)c2cccc(Cl)c2)CC3)c1. The van der Waals surface area contributed by atoms with Crippen LogP contribution in [0.3, 0.4) is 0 Å². The molecule has 3 aromatic carbocycles. The van der Waals surface area contributed by atoms with Gasteiger partial charge in [-0.2, -0.15) is 0 Å². The Morgan fingerprint density at radius 1 is 0.925 bits per heavy atom. The summed E-state index contributed by atoms with van der Waals surface area (Å²) in [6.45, 7) is 0.454. The monoisotopic (exact) mass is 606 g/mol. The third kappa shape index (κ3) is 8.51. The van der Waals surface area contributed by atoms with Crippen LogP contribution in [0.4, 0.5) is 5.69 Å². The van der Waals surface area contributed by atoms with Crippen LogP contribution >= 0.6 is 36.4 Å². The van der Waals surface area contributed by atoms with Crippen LogP contribution < -0.4 is 15.4 Å². The van der Waals surface area contributed by atoms with E-state index in [2.05, 4.69) is 22.8 Å². The summed E-state index contributed by atoms with van der Waals surface area (Å²) in [5.74, 6) is 0.231. The van der Waals surface area contributed by atoms with E-state index >= 15 is 0 Å². The zero-order chi connectivity index (χ0) is 26.5. The van der Waals surface area contributed by atoms with Gasteiger partial charge in [-0.05, 0) is 85.2 Å². The molecule has 0 amide bonds. The summed E-state index contributed by atoms with van der Waals surface area (Å²) >= 11 is 6.07. The van der Waals surface area contributed by atoms with Crippen molar-refractivity contribution in [2.24, 2.45) is 0 Å². The van der Waals surface area contributed by atoms with Gasteiger partial charge in [0.1, 0.15) is 11.5 Å². The lowest BCUT2D eigenvalue weighted by atomic mass is 9.88. The van der Waals surface area contributed by atoms with Crippen molar-refractivity contribution < 1.29 is 19.7 Å². The average molecular weight is 608 g/mol. The number of anilines is 1. The largest absolute Gasteiger partial charge is 0.478 e. The Balaban J connectivity index is 0.00000220. The number of carbonyl (C=O) groups is 1. The maximum absolute atomic E-state index is 11.8. The summed E-state index contributed by atoms with van der Waals surface area (Å²) in [5.41, 5.74) is 4.30. The van der Waals surface area contributed by atoms with Crippen LogP contribution in [-0.2, 0) is 12.8 Å². The number of benzene rings is 3. The number of fused-ring (bicyclic) bond motifs is 1. The number of aromatic carboxylic acids is 1. The fourth-order valence-electron chi connectivity index (χ4n) is 5.56. The van der Waals surface area contributed by atoms with Gasteiger partial charge in [0.05, 0.1) is 11.7 Å². The molecule has 9 heteroatoms.